The Hall–Kier alpha value is -0.600. The van der Waals surface area contributed by atoms with Crippen molar-refractivity contribution in [3.63, 3.8) is 0 Å². The first-order valence-corrected chi connectivity index (χ1v) is 7.15. The van der Waals surface area contributed by atoms with Crippen molar-refractivity contribution in [3.05, 3.63) is 34.6 Å². The maximum Gasteiger partial charge on any atom is 0.127 e. The summed E-state index contributed by atoms with van der Waals surface area (Å²) < 4.78 is 13.9. The molecule has 0 aliphatic heterocycles. The van der Waals surface area contributed by atoms with Crippen LogP contribution in [0.15, 0.2) is 18.2 Å². The summed E-state index contributed by atoms with van der Waals surface area (Å²) in [5, 5.41) is 0.464. The van der Waals surface area contributed by atoms with Crippen molar-refractivity contribution in [2.75, 3.05) is 6.54 Å². The van der Waals surface area contributed by atoms with Gasteiger partial charge in [0.2, 0.25) is 0 Å². The largest absolute Gasteiger partial charge is 0.330 e. The predicted octanol–water partition coefficient (Wildman–Crippen LogP) is 3.79. The van der Waals surface area contributed by atoms with Crippen LogP contribution in [-0.2, 0) is 6.42 Å². The summed E-state index contributed by atoms with van der Waals surface area (Å²) in [4.78, 5) is 0. The van der Waals surface area contributed by atoms with Crippen molar-refractivity contribution in [1.82, 2.24) is 0 Å². The van der Waals surface area contributed by atoms with Crippen molar-refractivity contribution in [1.29, 1.82) is 0 Å². The molecule has 1 nitrogen and oxygen atoms in total. The summed E-state index contributed by atoms with van der Waals surface area (Å²) in [5.41, 5.74) is 6.95. The molecule has 2 fully saturated rings. The average Bonchev–Trinajstić information content (AvgIpc) is 2.93. The van der Waals surface area contributed by atoms with Gasteiger partial charge in [0, 0.05) is 5.02 Å². The van der Waals surface area contributed by atoms with Gasteiger partial charge in [-0.2, -0.15) is 0 Å². The lowest BCUT2D eigenvalue weighted by atomic mass is 9.69. The maximum absolute atomic E-state index is 13.9. The molecule has 2 saturated carbocycles. The zero-order valence-electron chi connectivity index (χ0n) is 10.5. The number of hydrogen-bond donors (Lipinski definition) is 1. The second-order valence-electron chi connectivity index (χ2n) is 6.06. The number of rotatable bonds is 3. The highest BCUT2D eigenvalue weighted by Crippen LogP contribution is 2.56. The lowest BCUT2D eigenvalue weighted by Crippen LogP contribution is -2.38. The summed E-state index contributed by atoms with van der Waals surface area (Å²) in [6.07, 6.45) is 5.86. The van der Waals surface area contributed by atoms with E-state index in [4.69, 9.17) is 17.3 Å². The number of halogens is 2. The van der Waals surface area contributed by atoms with Gasteiger partial charge < -0.3 is 5.73 Å². The minimum absolute atomic E-state index is 0.136. The minimum atomic E-state index is -0.182. The Morgan fingerprint density at radius 1 is 1.39 bits per heavy atom. The van der Waals surface area contributed by atoms with Crippen molar-refractivity contribution < 1.29 is 4.39 Å². The summed E-state index contributed by atoms with van der Waals surface area (Å²) >= 11 is 5.80. The van der Waals surface area contributed by atoms with Crippen LogP contribution in [0.1, 0.15) is 31.2 Å². The van der Waals surface area contributed by atoms with E-state index < -0.39 is 0 Å². The van der Waals surface area contributed by atoms with Crippen molar-refractivity contribution in [2.24, 2.45) is 23.0 Å². The Morgan fingerprint density at radius 2 is 2.22 bits per heavy atom. The molecule has 0 spiro atoms. The van der Waals surface area contributed by atoms with Gasteiger partial charge in [-0.3, -0.25) is 0 Å². The Morgan fingerprint density at radius 3 is 2.78 bits per heavy atom. The maximum atomic E-state index is 13.9. The van der Waals surface area contributed by atoms with Crippen LogP contribution < -0.4 is 5.73 Å². The highest BCUT2D eigenvalue weighted by Gasteiger charge is 2.49. The van der Waals surface area contributed by atoms with E-state index in [0.29, 0.717) is 17.5 Å². The lowest BCUT2D eigenvalue weighted by molar-refractivity contribution is 0.170. The molecule has 2 aliphatic carbocycles. The Balaban J connectivity index is 1.86. The van der Waals surface area contributed by atoms with Crippen molar-refractivity contribution in [2.45, 2.75) is 32.1 Å². The first kappa shape index (κ1) is 12.4. The van der Waals surface area contributed by atoms with E-state index in [1.165, 1.54) is 31.7 Å². The molecule has 1 aromatic rings. The third-order valence-corrected chi connectivity index (χ3v) is 5.30. The summed E-state index contributed by atoms with van der Waals surface area (Å²) in [6.45, 7) is 0.677. The Bertz CT molecular complexity index is 462. The zero-order chi connectivity index (χ0) is 12.8. The summed E-state index contributed by atoms with van der Waals surface area (Å²) in [6, 6.07) is 5.01. The zero-order valence-corrected chi connectivity index (χ0v) is 11.2. The molecular weight excluding hydrogens is 249 g/mol. The van der Waals surface area contributed by atoms with Gasteiger partial charge in [0.1, 0.15) is 5.82 Å². The Labute approximate surface area is 113 Å². The molecule has 3 atom stereocenters. The van der Waals surface area contributed by atoms with Gasteiger partial charge in [-0.15, -0.1) is 0 Å². The second kappa shape index (κ2) is 4.50. The third kappa shape index (κ3) is 1.96. The van der Waals surface area contributed by atoms with E-state index >= 15 is 0 Å². The molecular formula is C15H19ClFN. The van der Waals surface area contributed by atoms with Gasteiger partial charge in [0.05, 0.1) is 0 Å². The van der Waals surface area contributed by atoms with Crippen LogP contribution in [0, 0.1) is 23.1 Å². The minimum Gasteiger partial charge on any atom is -0.330 e. The molecule has 98 valence electrons. The summed E-state index contributed by atoms with van der Waals surface area (Å²) in [7, 11) is 0. The highest BCUT2D eigenvalue weighted by atomic mass is 35.5. The first-order valence-electron chi connectivity index (χ1n) is 6.77. The molecule has 2 aliphatic rings. The van der Waals surface area contributed by atoms with Crippen LogP contribution in [0.4, 0.5) is 4.39 Å². The molecule has 1 aromatic carbocycles. The third-order valence-electron chi connectivity index (χ3n) is 5.07. The fraction of sp³-hybridized carbons (Fsp3) is 0.600. The molecule has 0 saturated heterocycles. The molecule has 3 rings (SSSR count). The van der Waals surface area contributed by atoms with Gasteiger partial charge >= 0.3 is 0 Å². The molecule has 0 aromatic heterocycles. The predicted molar refractivity (Wildman–Crippen MR) is 72.0 cm³/mol. The smallest absolute Gasteiger partial charge is 0.127 e. The summed E-state index contributed by atoms with van der Waals surface area (Å²) in [5.74, 6) is 1.34. The van der Waals surface area contributed by atoms with Gasteiger partial charge in [-0.05, 0) is 67.2 Å². The van der Waals surface area contributed by atoms with Crippen LogP contribution >= 0.6 is 11.6 Å². The topological polar surface area (TPSA) is 26.0 Å². The molecule has 2 bridgehead atoms. The van der Waals surface area contributed by atoms with Crippen LogP contribution in [-0.4, -0.2) is 6.54 Å². The van der Waals surface area contributed by atoms with Gasteiger partial charge in [0.15, 0.2) is 0 Å². The molecule has 0 amide bonds. The molecule has 3 heteroatoms. The molecule has 3 unspecified atom stereocenters. The van der Waals surface area contributed by atoms with Gasteiger partial charge in [0.25, 0.3) is 0 Å². The van der Waals surface area contributed by atoms with E-state index in [1.807, 2.05) is 6.07 Å². The number of hydrogen-bond acceptors (Lipinski definition) is 1. The normalized spacial score (nSPS) is 34.2. The molecule has 2 N–H and O–H groups in total. The number of benzene rings is 1. The molecule has 18 heavy (non-hydrogen) atoms. The van der Waals surface area contributed by atoms with Crippen LogP contribution in [0.3, 0.4) is 0 Å². The first-order chi connectivity index (χ1) is 8.63. The van der Waals surface area contributed by atoms with Gasteiger partial charge in [-0.25, -0.2) is 4.39 Å². The highest BCUT2D eigenvalue weighted by molar-refractivity contribution is 6.30. The van der Waals surface area contributed by atoms with E-state index in [-0.39, 0.29) is 11.2 Å². The standard InChI is InChI=1S/C15H19ClFN/c16-13-4-2-11(14(17)6-13)8-15(9-18)7-10-1-3-12(15)5-10/h2,4,6,10,12H,1,3,5,7-9,18H2. The van der Waals surface area contributed by atoms with Crippen molar-refractivity contribution >= 4 is 11.6 Å². The van der Waals surface area contributed by atoms with Crippen LogP contribution in [0.25, 0.3) is 0 Å². The average molecular weight is 268 g/mol. The molecule has 0 heterocycles. The van der Waals surface area contributed by atoms with Crippen molar-refractivity contribution in [3.8, 4) is 0 Å². The second-order valence-corrected chi connectivity index (χ2v) is 6.50. The van der Waals surface area contributed by atoms with Crippen LogP contribution in [0.5, 0.6) is 0 Å². The molecule has 0 radical (unpaired) electrons. The van der Waals surface area contributed by atoms with E-state index in [9.17, 15) is 4.39 Å². The fourth-order valence-electron chi connectivity index (χ4n) is 4.14. The quantitative estimate of drug-likeness (QED) is 0.886. The monoisotopic (exact) mass is 267 g/mol. The van der Waals surface area contributed by atoms with E-state index in [1.54, 1.807) is 6.07 Å². The van der Waals surface area contributed by atoms with Gasteiger partial charge in [-0.1, -0.05) is 24.1 Å². The van der Waals surface area contributed by atoms with Crippen LogP contribution in [0.2, 0.25) is 5.02 Å². The number of fused-ring (bicyclic) bond motifs is 2. The SMILES string of the molecule is NCC1(Cc2ccc(Cl)cc2F)CC2CCC1C2. The number of nitrogens with two attached hydrogens (primary N) is 1. The van der Waals surface area contributed by atoms with E-state index in [2.05, 4.69) is 0 Å². The Kier molecular flexibility index (Phi) is 3.11. The fourth-order valence-corrected chi connectivity index (χ4v) is 4.30. The van der Waals surface area contributed by atoms with E-state index in [0.717, 1.165) is 17.9 Å². The lowest BCUT2D eigenvalue weighted by Gasteiger charge is -2.37.